The molecule has 1 saturated carbocycles. The van der Waals surface area contributed by atoms with Gasteiger partial charge in [-0.2, -0.15) is 0 Å². The Bertz CT molecular complexity index is 1120. The number of aliphatic hydroxyl groups excluding tert-OH is 1. The molecule has 0 spiro atoms. The van der Waals surface area contributed by atoms with Gasteiger partial charge < -0.3 is 24.2 Å². The van der Waals surface area contributed by atoms with E-state index >= 15 is 0 Å². The summed E-state index contributed by atoms with van der Waals surface area (Å²) in [6.45, 7) is 0. The van der Waals surface area contributed by atoms with E-state index in [1.807, 2.05) is 0 Å². The molecule has 0 radical (unpaired) electrons. The van der Waals surface area contributed by atoms with Crippen LogP contribution in [-0.2, 0) is 9.59 Å². The van der Waals surface area contributed by atoms with Crippen LogP contribution in [0.25, 0.3) is 5.76 Å². The number of hydrogen-bond donors (Lipinski definition) is 1. The summed E-state index contributed by atoms with van der Waals surface area (Å²) in [6.07, 6.45) is 3.57. The van der Waals surface area contributed by atoms with Crippen molar-refractivity contribution in [1.29, 1.82) is 0 Å². The molecule has 1 N–H and O–H groups in total. The van der Waals surface area contributed by atoms with Gasteiger partial charge in [0, 0.05) is 11.6 Å². The highest BCUT2D eigenvalue weighted by atomic mass is 35.5. The van der Waals surface area contributed by atoms with Gasteiger partial charge in [0.2, 0.25) is 0 Å². The van der Waals surface area contributed by atoms with Gasteiger partial charge in [0.1, 0.15) is 11.5 Å². The number of carbonyl (C=O) groups excluding carboxylic acids is 2. The maximum absolute atomic E-state index is 13.3. The summed E-state index contributed by atoms with van der Waals surface area (Å²) in [5.41, 5.74) is 0.861. The van der Waals surface area contributed by atoms with Crippen LogP contribution in [0.5, 0.6) is 17.2 Å². The second-order valence-electron chi connectivity index (χ2n) is 8.10. The van der Waals surface area contributed by atoms with Crippen molar-refractivity contribution in [2.24, 2.45) is 0 Å². The number of halogens is 1. The van der Waals surface area contributed by atoms with E-state index in [-0.39, 0.29) is 28.0 Å². The van der Waals surface area contributed by atoms with Crippen molar-refractivity contribution >= 4 is 29.1 Å². The highest BCUT2D eigenvalue weighted by molar-refractivity contribution is 6.47. The van der Waals surface area contributed by atoms with Gasteiger partial charge in [0.05, 0.1) is 38.0 Å². The third kappa shape index (κ3) is 4.02. The first-order valence-corrected chi connectivity index (χ1v) is 11.1. The lowest BCUT2D eigenvalue weighted by Crippen LogP contribution is -2.37. The number of benzene rings is 2. The van der Waals surface area contributed by atoms with Crippen molar-refractivity contribution in [3.63, 3.8) is 0 Å². The Balaban J connectivity index is 1.93. The Hall–Kier alpha value is -3.19. The number of ether oxygens (including phenoxy) is 3. The second kappa shape index (κ2) is 9.35. The van der Waals surface area contributed by atoms with Crippen LogP contribution in [0.1, 0.15) is 42.9 Å². The summed E-state index contributed by atoms with van der Waals surface area (Å²) in [5, 5.41) is 11.6. The molecule has 1 aliphatic carbocycles. The summed E-state index contributed by atoms with van der Waals surface area (Å²) < 4.78 is 16.0. The number of nitrogens with zero attached hydrogens (tertiary/aromatic N) is 1. The normalized spacial score (nSPS) is 20.4. The molecule has 1 amide bonds. The van der Waals surface area contributed by atoms with E-state index in [1.165, 1.54) is 21.3 Å². The van der Waals surface area contributed by atoms with Crippen LogP contribution in [0.15, 0.2) is 42.0 Å². The zero-order valence-electron chi connectivity index (χ0n) is 18.8. The number of likely N-dealkylation sites (tertiary alicyclic amines) is 1. The topological polar surface area (TPSA) is 85.3 Å². The lowest BCUT2D eigenvalue weighted by Gasteiger charge is -2.31. The van der Waals surface area contributed by atoms with Crippen LogP contribution in [0.2, 0.25) is 5.02 Å². The predicted molar refractivity (Wildman–Crippen MR) is 124 cm³/mol. The minimum absolute atomic E-state index is 0.00530. The standard InChI is InChI=1S/C25H26ClNO6/c1-31-16-9-10-18(26)17(13-16)23(28)21-22(14-8-11-19(32-2)20(12-14)33-3)27(25(30)24(21)29)15-6-4-5-7-15/h8-13,15,22,28H,4-7H2,1-3H3/b23-21+. The monoisotopic (exact) mass is 471 g/mol. The molecule has 4 rings (SSSR count). The van der Waals surface area contributed by atoms with Crippen LogP contribution in [-0.4, -0.2) is 49.1 Å². The SMILES string of the molecule is COc1ccc(Cl)c(/C(O)=C2\C(=O)C(=O)N(C3CCCC3)C2c2ccc(OC)c(OC)c2)c1. The number of ketones is 1. The van der Waals surface area contributed by atoms with E-state index in [0.29, 0.717) is 22.8 Å². The number of carbonyl (C=O) groups is 2. The number of amides is 1. The Kier molecular flexibility index (Phi) is 6.51. The molecule has 2 fully saturated rings. The molecule has 1 saturated heterocycles. The van der Waals surface area contributed by atoms with Gasteiger partial charge in [-0.1, -0.05) is 30.5 Å². The molecule has 1 unspecified atom stereocenters. The van der Waals surface area contributed by atoms with Gasteiger partial charge in [0.25, 0.3) is 11.7 Å². The third-order valence-electron chi connectivity index (χ3n) is 6.35. The Morgan fingerprint density at radius 3 is 2.30 bits per heavy atom. The average Bonchev–Trinajstić information content (AvgIpc) is 3.45. The first-order valence-electron chi connectivity index (χ1n) is 10.8. The average molecular weight is 472 g/mol. The molecule has 1 heterocycles. The maximum Gasteiger partial charge on any atom is 0.295 e. The highest BCUT2D eigenvalue weighted by Gasteiger charge is 2.49. The van der Waals surface area contributed by atoms with E-state index < -0.39 is 17.7 Å². The van der Waals surface area contributed by atoms with Crippen LogP contribution in [0.3, 0.4) is 0 Å². The van der Waals surface area contributed by atoms with E-state index in [2.05, 4.69) is 0 Å². The van der Waals surface area contributed by atoms with Crippen molar-refractivity contribution in [1.82, 2.24) is 4.90 Å². The first kappa shape index (κ1) is 23.0. The number of aliphatic hydroxyl groups is 1. The fraction of sp³-hybridized carbons (Fsp3) is 0.360. The Labute approximate surface area is 197 Å². The molecule has 8 heteroatoms. The molecule has 0 bridgehead atoms. The molecule has 7 nitrogen and oxygen atoms in total. The molecule has 33 heavy (non-hydrogen) atoms. The molecule has 174 valence electrons. The fourth-order valence-corrected chi connectivity index (χ4v) is 4.92. The molecule has 2 aromatic carbocycles. The maximum atomic E-state index is 13.3. The van der Waals surface area contributed by atoms with Crippen LogP contribution in [0, 0.1) is 0 Å². The number of rotatable bonds is 6. The molecule has 1 aliphatic heterocycles. The van der Waals surface area contributed by atoms with Gasteiger partial charge in [-0.05, 0) is 48.7 Å². The molecule has 0 aromatic heterocycles. The van der Waals surface area contributed by atoms with E-state index in [1.54, 1.807) is 41.3 Å². The van der Waals surface area contributed by atoms with E-state index in [9.17, 15) is 14.7 Å². The van der Waals surface area contributed by atoms with Crippen molar-refractivity contribution in [2.45, 2.75) is 37.8 Å². The Morgan fingerprint density at radius 1 is 0.970 bits per heavy atom. The van der Waals surface area contributed by atoms with Gasteiger partial charge in [0.15, 0.2) is 11.5 Å². The minimum Gasteiger partial charge on any atom is -0.507 e. The summed E-state index contributed by atoms with van der Waals surface area (Å²) in [4.78, 5) is 28.1. The molecular formula is C25H26ClNO6. The largest absolute Gasteiger partial charge is 0.507 e. The number of hydrogen-bond acceptors (Lipinski definition) is 6. The summed E-state index contributed by atoms with van der Waals surface area (Å²) in [7, 11) is 4.55. The zero-order chi connectivity index (χ0) is 23.7. The predicted octanol–water partition coefficient (Wildman–Crippen LogP) is 4.73. The summed E-state index contributed by atoms with van der Waals surface area (Å²) >= 11 is 6.36. The summed E-state index contributed by atoms with van der Waals surface area (Å²) in [6, 6.07) is 9.14. The number of Topliss-reactive ketones (excluding diaryl/α,β-unsaturated/α-hetero) is 1. The fourth-order valence-electron chi connectivity index (χ4n) is 4.72. The lowest BCUT2D eigenvalue weighted by molar-refractivity contribution is -0.141. The van der Waals surface area contributed by atoms with Crippen molar-refractivity contribution < 1.29 is 28.9 Å². The minimum atomic E-state index is -0.782. The van der Waals surface area contributed by atoms with Gasteiger partial charge in [-0.15, -0.1) is 0 Å². The van der Waals surface area contributed by atoms with E-state index in [4.69, 9.17) is 25.8 Å². The van der Waals surface area contributed by atoms with Crippen molar-refractivity contribution in [2.75, 3.05) is 21.3 Å². The van der Waals surface area contributed by atoms with Gasteiger partial charge >= 0.3 is 0 Å². The van der Waals surface area contributed by atoms with Gasteiger partial charge in [-0.3, -0.25) is 9.59 Å². The second-order valence-corrected chi connectivity index (χ2v) is 8.51. The molecule has 2 aromatic rings. The lowest BCUT2D eigenvalue weighted by atomic mass is 9.94. The molecule has 2 aliphatic rings. The van der Waals surface area contributed by atoms with Crippen molar-refractivity contribution in [3.8, 4) is 17.2 Å². The molecular weight excluding hydrogens is 446 g/mol. The van der Waals surface area contributed by atoms with Crippen LogP contribution < -0.4 is 14.2 Å². The van der Waals surface area contributed by atoms with Gasteiger partial charge in [-0.25, -0.2) is 0 Å². The zero-order valence-corrected chi connectivity index (χ0v) is 19.5. The first-order chi connectivity index (χ1) is 15.9. The Morgan fingerprint density at radius 2 is 1.67 bits per heavy atom. The quantitative estimate of drug-likeness (QED) is 0.372. The third-order valence-corrected chi connectivity index (χ3v) is 6.68. The smallest absolute Gasteiger partial charge is 0.295 e. The van der Waals surface area contributed by atoms with E-state index in [0.717, 1.165) is 25.7 Å². The summed E-state index contributed by atoms with van der Waals surface area (Å²) in [5.74, 6) is -0.243. The van der Waals surface area contributed by atoms with Crippen molar-refractivity contribution in [3.05, 3.63) is 58.1 Å². The highest BCUT2D eigenvalue weighted by Crippen LogP contribution is 2.45. The van der Waals surface area contributed by atoms with Crippen LogP contribution >= 0.6 is 11.6 Å². The van der Waals surface area contributed by atoms with Crippen LogP contribution in [0.4, 0.5) is 0 Å². The number of methoxy groups -OCH3 is 3. The molecule has 1 atom stereocenters.